The lowest BCUT2D eigenvalue weighted by atomic mass is 9.92. The normalized spacial score (nSPS) is 18.6. The topological polar surface area (TPSA) is 326 Å². The molecule has 4 saturated heterocycles. The molecule has 4 fully saturated rings. The van der Waals surface area contributed by atoms with E-state index in [1.165, 1.54) is 47.8 Å². The van der Waals surface area contributed by atoms with Crippen LogP contribution < -0.4 is 0 Å². The molecule has 0 spiro atoms. The highest BCUT2D eigenvalue weighted by Gasteiger charge is 2.55. The SMILES string of the molecule is Cn1cc(S(=O)(=O)C(C)(F)C2CCN(C(=O)OC(C)(C)C)CC2)c(C(F)F)n1.Cn1cc(S(=O)(=O)[C@@](C)(F)C2CCN(C(=O)OC(C)(C)C)CC2)c(C(F)F)n1.Cn1nc(C(F)F)c(S(=O)(=O)C(C)(F)C2CCN(C(=O)OC(C)(C)C)CC2)c1Cl.Cn1nc(C(F)F)c(S(=O)(=O)C(F)C2CCN(C(=O)OC(C)(C)C)CC2)c1Cl. The third kappa shape index (κ3) is 23.2. The minimum atomic E-state index is -4.89. The molecule has 4 amide bonds. The fourth-order valence-corrected chi connectivity index (χ4v) is 20.6. The summed E-state index contributed by atoms with van der Waals surface area (Å²) in [6.07, 6.45) is -12.8. The minimum Gasteiger partial charge on any atom is -0.444 e. The van der Waals surface area contributed by atoms with Gasteiger partial charge in [-0.2, -0.15) is 20.4 Å². The second-order valence-corrected chi connectivity index (χ2v) is 41.3. The van der Waals surface area contributed by atoms with Gasteiger partial charge in [0.2, 0.25) is 59.9 Å². The number of rotatable bonds is 16. The zero-order valence-electron chi connectivity index (χ0n) is 66.0. The van der Waals surface area contributed by atoms with Crippen LogP contribution in [-0.2, 0) is 86.5 Å². The van der Waals surface area contributed by atoms with Crippen LogP contribution in [0.3, 0.4) is 0 Å². The highest BCUT2D eigenvalue weighted by Crippen LogP contribution is 2.47. The van der Waals surface area contributed by atoms with Crippen LogP contribution in [0.4, 0.5) is 71.9 Å². The molecule has 0 bridgehead atoms. The first-order valence-electron chi connectivity index (χ1n) is 35.4. The number of amides is 4. The van der Waals surface area contributed by atoms with E-state index in [2.05, 4.69) is 20.4 Å². The largest absolute Gasteiger partial charge is 0.444 e. The van der Waals surface area contributed by atoms with Gasteiger partial charge < -0.3 is 38.5 Å². The fourth-order valence-electron chi connectivity index (χ4n) is 12.5. The van der Waals surface area contributed by atoms with E-state index in [0.29, 0.717) is 0 Å². The number of alkyl halides is 12. The van der Waals surface area contributed by atoms with Gasteiger partial charge in [0.05, 0.1) is 0 Å². The Kier molecular flexibility index (Phi) is 31.0. The molecule has 8 heterocycles. The second kappa shape index (κ2) is 36.1. The van der Waals surface area contributed by atoms with E-state index in [1.54, 1.807) is 83.1 Å². The summed E-state index contributed by atoms with van der Waals surface area (Å²) < 4.78 is 294. The van der Waals surface area contributed by atoms with E-state index in [9.17, 15) is 92.4 Å². The van der Waals surface area contributed by atoms with Gasteiger partial charge in [-0.25, -0.2) is 106 Å². The number of nitrogens with zero attached hydrogens (tertiary/aromatic N) is 12. The molecule has 3 unspecified atom stereocenters. The number of halogens is 14. The molecule has 0 radical (unpaired) electrons. The van der Waals surface area contributed by atoms with Crippen LogP contribution in [0.15, 0.2) is 32.0 Å². The van der Waals surface area contributed by atoms with Gasteiger partial charge in [0, 0.05) is 117 Å². The number of aromatic nitrogens is 8. The molecule has 646 valence electrons. The zero-order valence-corrected chi connectivity index (χ0v) is 70.8. The number of carbonyl (C=O) groups excluding carboxylic acids is 4. The van der Waals surface area contributed by atoms with Crippen LogP contribution in [0.25, 0.3) is 0 Å². The predicted octanol–water partition coefficient (Wildman–Crippen LogP) is 14.8. The van der Waals surface area contributed by atoms with Crippen molar-refractivity contribution in [2.75, 3.05) is 52.4 Å². The molecule has 46 heteroatoms. The number of likely N-dealkylation sites (tertiary alicyclic amines) is 4. The molecule has 0 saturated carbocycles. The van der Waals surface area contributed by atoms with E-state index < -0.39 is 209 Å². The maximum absolute atomic E-state index is 15.6. The van der Waals surface area contributed by atoms with Gasteiger partial charge in [-0.15, -0.1) is 0 Å². The number of hydrogen-bond donors (Lipinski definition) is 0. The van der Waals surface area contributed by atoms with Gasteiger partial charge >= 0.3 is 24.4 Å². The second-order valence-electron chi connectivity index (χ2n) is 32.0. The molecular weight excluding hydrogens is 1660 g/mol. The molecule has 4 aliphatic heterocycles. The van der Waals surface area contributed by atoms with E-state index >= 15 is 13.2 Å². The number of sulfone groups is 4. The average molecular weight is 1760 g/mol. The van der Waals surface area contributed by atoms with Crippen LogP contribution in [0.2, 0.25) is 10.3 Å². The Morgan fingerprint density at radius 2 is 0.611 bits per heavy atom. The number of hydrogen-bond acceptors (Lipinski definition) is 20. The Morgan fingerprint density at radius 1 is 0.381 bits per heavy atom. The van der Waals surface area contributed by atoms with Crippen molar-refractivity contribution in [2.24, 2.45) is 51.9 Å². The molecular formula is C67H100Cl2F12N12O16S4. The summed E-state index contributed by atoms with van der Waals surface area (Å²) >= 11 is 11.7. The molecule has 113 heavy (non-hydrogen) atoms. The van der Waals surface area contributed by atoms with E-state index in [-0.39, 0.29) is 104 Å². The molecule has 4 aromatic rings. The maximum atomic E-state index is 15.6. The van der Waals surface area contributed by atoms with Crippen molar-refractivity contribution < 1.29 is 124 Å². The van der Waals surface area contributed by atoms with Crippen LogP contribution >= 0.6 is 23.2 Å². The number of piperidine rings is 4. The third-order valence-corrected chi connectivity index (χ3v) is 28.5. The maximum Gasteiger partial charge on any atom is 0.410 e. The third-order valence-electron chi connectivity index (χ3n) is 18.6. The van der Waals surface area contributed by atoms with Crippen molar-refractivity contribution in [3.63, 3.8) is 0 Å². The summed E-state index contributed by atoms with van der Waals surface area (Å²) in [5.74, 6) is -3.90. The average Bonchev–Trinajstić information content (AvgIpc) is 1.73. The first-order chi connectivity index (χ1) is 51.2. The summed E-state index contributed by atoms with van der Waals surface area (Å²) in [5, 5.41) is 4.16. The summed E-state index contributed by atoms with van der Waals surface area (Å²) in [4.78, 5) is 50.3. The monoisotopic (exact) mass is 1750 g/mol. The first kappa shape index (κ1) is 97.0. The smallest absolute Gasteiger partial charge is 0.410 e. The molecule has 0 N–H and O–H groups in total. The van der Waals surface area contributed by atoms with Crippen LogP contribution in [-0.4, -0.2) is 212 Å². The zero-order chi connectivity index (χ0) is 86.8. The van der Waals surface area contributed by atoms with E-state index in [4.69, 9.17) is 42.1 Å². The summed E-state index contributed by atoms with van der Waals surface area (Å²) in [6.45, 7) is 24.0. The lowest BCUT2D eigenvalue weighted by Gasteiger charge is -2.38. The number of ether oxygens (including phenoxy) is 4. The quantitative estimate of drug-likeness (QED) is 0.0743. The molecule has 0 aliphatic carbocycles. The Bertz CT molecular complexity index is 4330. The molecule has 8 rings (SSSR count). The van der Waals surface area contributed by atoms with Gasteiger partial charge in [-0.1, -0.05) is 23.2 Å². The summed E-state index contributed by atoms with van der Waals surface area (Å²) in [7, 11) is -14.1. The fraction of sp³-hybridized carbons (Fsp3) is 0.761. The molecule has 0 aromatic carbocycles. The van der Waals surface area contributed by atoms with Crippen molar-refractivity contribution in [1.82, 2.24) is 58.7 Å². The Balaban J connectivity index is 0.000000269. The minimum absolute atomic E-state index is 0.0212. The lowest BCUT2D eigenvalue weighted by molar-refractivity contribution is 0.0121. The predicted molar refractivity (Wildman–Crippen MR) is 387 cm³/mol. The van der Waals surface area contributed by atoms with Gasteiger partial charge in [0.15, 0.2) is 0 Å². The first-order valence-corrected chi connectivity index (χ1v) is 42.2. The lowest BCUT2D eigenvalue weighted by Crippen LogP contribution is -2.48. The van der Waals surface area contributed by atoms with E-state index in [0.717, 1.165) is 51.9 Å². The highest BCUT2D eigenvalue weighted by molar-refractivity contribution is 7.93. The van der Waals surface area contributed by atoms with Crippen molar-refractivity contribution in [3.8, 4) is 0 Å². The van der Waals surface area contributed by atoms with Crippen molar-refractivity contribution in [3.05, 3.63) is 45.5 Å². The van der Waals surface area contributed by atoms with Gasteiger partial charge in [-0.3, -0.25) is 18.7 Å². The Hall–Kier alpha value is -6.54. The van der Waals surface area contributed by atoms with Crippen molar-refractivity contribution in [1.29, 1.82) is 0 Å². The van der Waals surface area contributed by atoms with Crippen LogP contribution in [0.1, 0.15) is 204 Å². The molecule has 4 aliphatic rings. The van der Waals surface area contributed by atoms with Gasteiger partial charge in [0.1, 0.15) is 75.1 Å². The summed E-state index contributed by atoms with van der Waals surface area (Å²) in [6, 6.07) is 0. The number of aryl methyl sites for hydroxylation is 4. The van der Waals surface area contributed by atoms with Crippen LogP contribution in [0.5, 0.6) is 0 Å². The van der Waals surface area contributed by atoms with Gasteiger partial charge in [0.25, 0.3) is 25.7 Å². The summed E-state index contributed by atoms with van der Waals surface area (Å²) in [5.41, 5.74) is -9.26. The van der Waals surface area contributed by atoms with Gasteiger partial charge in [-0.05, 0) is 155 Å². The standard InChI is InChI=1S/C17H25ClF3N3O4S.2C17H26F3N3O4S.C16H23ClF3N3O4S/c1-16(2,3)28-15(25)24-8-6-10(7-9-24)17(4,21)29(26,27)12-11(14(19)20)22-23(5)13(12)18;2*1-16(2,3)27-15(24)23-8-6-11(7-9-23)17(4,20)28(25,26)12-10-22(5)21-13(12)14(18)19;1-16(2,3)27-15(24)23-7-5-9(6-8-23)14(20)28(25,26)11-10(13(18)19)21-22(4)12(11)17/h10,14H,6-9H2,1-5H3;2*10-11,14H,6-9H2,1-5H3;9,13-14H,5-8H2,1-4H3/t;17-;;/m.1../s1. The van der Waals surface area contributed by atoms with Crippen molar-refractivity contribution in [2.45, 2.75) is 243 Å². The number of carbonyl (C=O) groups is 4. The van der Waals surface area contributed by atoms with Crippen molar-refractivity contribution >= 4 is 86.9 Å². The molecule has 4 atom stereocenters. The highest BCUT2D eigenvalue weighted by atomic mass is 35.5. The Morgan fingerprint density at radius 3 is 0.858 bits per heavy atom. The molecule has 28 nitrogen and oxygen atoms in total. The van der Waals surface area contributed by atoms with E-state index in [1.807, 2.05) is 0 Å². The molecule has 4 aromatic heterocycles. The van der Waals surface area contributed by atoms with Crippen LogP contribution in [0, 0.1) is 23.7 Å². The Labute approximate surface area is 659 Å².